The molecule has 7 heteroatoms. The Labute approximate surface area is 148 Å². The number of aryl methyl sites for hydroxylation is 1. The minimum absolute atomic E-state index is 0.0739. The number of rotatable bonds is 3. The monoisotopic (exact) mass is 387 g/mol. The zero-order valence-corrected chi connectivity index (χ0v) is 14.9. The topological polar surface area (TPSA) is 64.9 Å². The summed E-state index contributed by atoms with van der Waals surface area (Å²) in [7, 11) is 1.92. The van der Waals surface area contributed by atoms with Gasteiger partial charge in [0.25, 0.3) is 0 Å². The van der Waals surface area contributed by atoms with Gasteiger partial charge in [0, 0.05) is 41.3 Å². The average molecular weight is 388 g/mol. The number of anilines is 1. The van der Waals surface area contributed by atoms with E-state index in [0.717, 1.165) is 46.2 Å². The Morgan fingerprint density at radius 1 is 1.33 bits per heavy atom. The van der Waals surface area contributed by atoms with Gasteiger partial charge in [-0.1, -0.05) is 15.9 Å². The molecule has 0 bridgehead atoms. The lowest BCUT2D eigenvalue weighted by molar-refractivity contribution is 0.00972. The van der Waals surface area contributed by atoms with Gasteiger partial charge < -0.3 is 10.1 Å². The summed E-state index contributed by atoms with van der Waals surface area (Å²) < 4.78 is 8.75. The van der Waals surface area contributed by atoms with Gasteiger partial charge in [0.15, 0.2) is 0 Å². The third kappa shape index (κ3) is 3.14. The quantitative estimate of drug-likeness (QED) is 0.745. The van der Waals surface area contributed by atoms with E-state index in [2.05, 4.69) is 42.4 Å². The van der Waals surface area contributed by atoms with Crippen LogP contribution >= 0.6 is 15.9 Å². The number of halogens is 1. The summed E-state index contributed by atoms with van der Waals surface area (Å²) >= 11 is 3.52. The predicted molar refractivity (Wildman–Crippen MR) is 95.8 cm³/mol. The van der Waals surface area contributed by atoms with Crippen molar-refractivity contribution in [1.82, 2.24) is 19.7 Å². The van der Waals surface area contributed by atoms with Crippen molar-refractivity contribution < 1.29 is 4.74 Å². The van der Waals surface area contributed by atoms with Crippen molar-refractivity contribution in [2.45, 2.75) is 25.0 Å². The molecule has 6 nitrogen and oxygen atoms in total. The highest BCUT2D eigenvalue weighted by Gasteiger charge is 2.25. The number of nitrogens with zero attached hydrogens (tertiary/aromatic N) is 4. The highest BCUT2D eigenvalue weighted by atomic mass is 79.9. The number of benzene rings is 1. The van der Waals surface area contributed by atoms with Crippen molar-refractivity contribution in [3.05, 3.63) is 47.0 Å². The molecule has 1 fully saturated rings. The van der Waals surface area contributed by atoms with Gasteiger partial charge in [0.1, 0.15) is 12.1 Å². The van der Waals surface area contributed by atoms with Crippen LogP contribution in [0, 0.1) is 0 Å². The summed E-state index contributed by atoms with van der Waals surface area (Å²) in [6, 6.07) is 6.34. The first-order valence-corrected chi connectivity index (χ1v) is 8.75. The number of nitrogens with one attached hydrogen (secondary N) is 1. The minimum atomic E-state index is 0.0739. The maximum Gasteiger partial charge on any atom is 0.137 e. The van der Waals surface area contributed by atoms with Gasteiger partial charge in [-0.2, -0.15) is 5.10 Å². The molecule has 4 rings (SSSR count). The molecular formula is C17H18BrN5O. The number of aromatic nitrogens is 4. The zero-order chi connectivity index (χ0) is 16.5. The standard InChI is InChI=1S/C17H18BrN5O/c1-23-9-11(8-21-23)16-7-13(4-5-24-16)22-17-14-6-12(18)2-3-15(14)19-10-20-17/h2-3,6,8-10,13,16H,4-5,7H2,1H3,(H,19,20,22). The van der Waals surface area contributed by atoms with Gasteiger partial charge in [-0.15, -0.1) is 0 Å². The fraction of sp³-hybridized carbons (Fsp3) is 0.353. The van der Waals surface area contributed by atoms with Gasteiger partial charge >= 0.3 is 0 Å². The molecule has 1 aliphatic rings. The molecule has 2 unspecified atom stereocenters. The van der Waals surface area contributed by atoms with E-state index in [0.29, 0.717) is 6.04 Å². The van der Waals surface area contributed by atoms with Gasteiger partial charge in [0.05, 0.1) is 17.8 Å². The first-order chi connectivity index (χ1) is 11.7. The maximum atomic E-state index is 5.92. The summed E-state index contributed by atoms with van der Waals surface area (Å²) in [5, 5.41) is 8.84. The smallest absolute Gasteiger partial charge is 0.137 e. The molecule has 0 aliphatic carbocycles. The first kappa shape index (κ1) is 15.5. The number of hydrogen-bond donors (Lipinski definition) is 1. The molecule has 3 aromatic rings. The largest absolute Gasteiger partial charge is 0.373 e. The lowest BCUT2D eigenvalue weighted by Crippen LogP contribution is -2.30. The van der Waals surface area contributed by atoms with Crippen LogP contribution in [-0.4, -0.2) is 32.4 Å². The van der Waals surface area contributed by atoms with E-state index in [-0.39, 0.29) is 6.10 Å². The van der Waals surface area contributed by atoms with Crippen LogP contribution in [0.15, 0.2) is 41.4 Å². The first-order valence-electron chi connectivity index (χ1n) is 7.96. The molecule has 1 saturated heterocycles. The molecular weight excluding hydrogens is 370 g/mol. The van der Waals surface area contributed by atoms with Crippen molar-refractivity contribution in [3.8, 4) is 0 Å². The van der Waals surface area contributed by atoms with Gasteiger partial charge in [-0.05, 0) is 31.0 Å². The van der Waals surface area contributed by atoms with Crippen LogP contribution in [0.2, 0.25) is 0 Å². The second kappa shape index (κ2) is 6.49. The fourth-order valence-electron chi connectivity index (χ4n) is 3.10. The molecule has 0 amide bonds. The van der Waals surface area contributed by atoms with E-state index in [1.165, 1.54) is 0 Å². The highest BCUT2D eigenvalue weighted by molar-refractivity contribution is 9.10. The summed E-state index contributed by atoms with van der Waals surface area (Å²) in [4.78, 5) is 8.78. The molecule has 0 saturated carbocycles. The highest BCUT2D eigenvalue weighted by Crippen LogP contribution is 2.31. The Hall–Kier alpha value is -1.99. The van der Waals surface area contributed by atoms with E-state index >= 15 is 0 Å². The lowest BCUT2D eigenvalue weighted by Gasteiger charge is -2.30. The van der Waals surface area contributed by atoms with E-state index in [4.69, 9.17) is 4.74 Å². The molecule has 0 radical (unpaired) electrons. The lowest BCUT2D eigenvalue weighted by atomic mass is 9.99. The summed E-state index contributed by atoms with van der Waals surface area (Å²) in [6.45, 7) is 0.726. The molecule has 1 aromatic carbocycles. The molecule has 1 N–H and O–H groups in total. The normalized spacial score (nSPS) is 21.1. The Kier molecular flexibility index (Phi) is 4.20. The van der Waals surface area contributed by atoms with E-state index in [1.807, 2.05) is 36.3 Å². The Balaban J connectivity index is 1.56. The van der Waals surface area contributed by atoms with Gasteiger partial charge in [-0.25, -0.2) is 9.97 Å². The van der Waals surface area contributed by atoms with Crippen LogP contribution in [0.1, 0.15) is 24.5 Å². The molecule has 1 aliphatic heterocycles. The molecule has 2 atom stereocenters. The van der Waals surface area contributed by atoms with Crippen LogP contribution < -0.4 is 5.32 Å². The maximum absolute atomic E-state index is 5.92. The fourth-order valence-corrected chi connectivity index (χ4v) is 3.46. The number of fused-ring (bicyclic) bond motifs is 1. The summed E-state index contributed by atoms with van der Waals surface area (Å²) in [6.07, 6.45) is 7.43. The second-order valence-electron chi connectivity index (χ2n) is 6.06. The SMILES string of the molecule is Cn1cc(C2CC(Nc3ncnc4ccc(Br)cc34)CCO2)cn1. The van der Waals surface area contributed by atoms with Gasteiger partial charge in [0.2, 0.25) is 0 Å². The third-order valence-electron chi connectivity index (χ3n) is 4.32. The second-order valence-corrected chi connectivity index (χ2v) is 6.97. The molecule has 24 heavy (non-hydrogen) atoms. The minimum Gasteiger partial charge on any atom is -0.373 e. The van der Waals surface area contributed by atoms with Crippen LogP contribution in [0.4, 0.5) is 5.82 Å². The Morgan fingerprint density at radius 2 is 2.25 bits per heavy atom. The number of ether oxygens (including phenoxy) is 1. The van der Waals surface area contributed by atoms with Crippen LogP contribution in [-0.2, 0) is 11.8 Å². The van der Waals surface area contributed by atoms with Crippen LogP contribution in [0.25, 0.3) is 10.9 Å². The van der Waals surface area contributed by atoms with Crippen molar-refractivity contribution >= 4 is 32.7 Å². The van der Waals surface area contributed by atoms with Crippen molar-refractivity contribution in [3.63, 3.8) is 0 Å². The summed E-state index contributed by atoms with van der Waals surface area (Å²) in [5.74, 6) is 0.873. The zero-order valence-electron chi connectivity index (χ0n) is 13.3. The van der Waals surface area contributed by atoms with Crippen molar-refractivity contribution in [2.75, 3.05) is 11.9 Å². The van der Waals surface area contributed by atoms with Crippen molar-refractivity contribution in [1.29, 1.82) is 0 Å². The molecule has 0 spiro atoms. The van der Waals surface area contributed by atoms with Gasteiger partial charge in [-0.3, -0.25) is 4.68 Å². The number of hydrogen-bond acceptors (Lipinski definition) is 5. The van der Waals surface area contributed by atoms with E-state index in [9.17, 15) is 0 Å². The molecule has 3 heterocycles. The van der Waals surface area contributed by atoms with E-state index in [1.54, 1.807) is 6.33 Å². The predicted octanol–water partition coefficient (Wildman–Crippen LogP) is 3.46. The molecule has 124 valence electrons. The van der Waals surface area contributed by atoms with Crippen LogP contribution in [0.5, 0.6) is 0 Å². The average Bonchev–Trinajstić information content (AvgIpc) is 3.02. The third-order valence-corrected chi connectivity index (χ3v) is 4.81. The Morgan fingerprint density at radius 3 is 3.08 bits per heavy atom. The van der Waals surface area contributed by atoms with Crippen LogP contribution in [0.3, 0.4) is 0 Å². The molecule has 2 aromatic heterocycles. The Bertz CT molecular complexity index is 865. The van der Waals surface area contributed by atoms with Crippen molar-refractivity contribution in [2.24, 2.45) is 7.05 Å². The van der Waals surface area contributed by atoms with E-state index < -0.39 is 0 Å². The summed E-state index contributed by atoms with van der Waals surface area (Å²) in [5.41, 5.74) is 2.06.